The van der Waals surface area contributed by atoms with Crippen molar-refractivity contribution in [2.24, 2.45) is 0 Å². The van der Waals surface area contributed by atoms with Gasteiger partial charge in [0.1, 0.15) is 11.9 Å². The van der Waals surface area contributed by atoms with Gasteiger partial charge in [-0.05, 0) is 66.4 Å². The molecule has 164 valence electrons. The van der Waals surface area contributed by atoms with Crippen LogP contribution in [-0.2, 0) is 16.0 Å². The highest BCUT2D eigenvalue weighted by atomic mass is 35.5. The highest BCUT2D eigenvalue weighted by Gasteiger charge is 2.46. The predicted molar refractivity (Wildman–Crippen MR) is 122 cm³/mol. The Balaban J connectivity index is 1.54. The second kappa shape index (κ2) is 9.50. The molecule has 2 aromatic carbocycles. The van der Waals surface area contributed by atoms with E-state index >= 15 is 0 Å². The molecule has 2 heterocycles. The van der Waals surface area contributed by atoms with E-state index in [0.29, 0.717) is 29.4 Å². The molecule has 4 rings (SSSR count). The van der Waals surface area contributed by atoms with Crippen LogP contribution in [0.3, 0.4) is 0 Å². The maximum absolute atomic E-state index is 13.2. The molecular weight excluding hydrogens is 453 g/mol. The van der Waals surface area contributed by atoms with E-state index in [-0.39, 0.29) is 6.42 Å². The lowest BCUT2D eigenvalue weighted by Crippen LogP contribution is -2.39. The van der Waals surface area contributed by atoms with Crippen LogP contribution in [0.4, 0.5) is 20.6 Å². The first-order chi connectivity index (χ1) is 15.4. The smallest absolute Gasteiger partial charge is 0.326 e. The number of hydrogen-bond acceptors (Lipinski definition) is 4. The Morgan fingerprint density at radius 3 is 2.44 bits per heavy atom. The number of thiophene rings is 1. The van der Waals surface area contributed by atoms with Crippen LogP contribution in [0.1, 0.15) is 11.3 Å². The molecule has 9 heteroatoms. The Labute approximate surface area is 193 Å². The summed E-state index contributed by atoms with van der Waals surface area (Å²) in [5.74, 6) is -1.34. The molecule has 1 fully saturated rings. The average molecular weight is 472 g/mol. The molecule has 0 bridgehead atoms. The van der Waals surface area contributed by atoms with Crippen LogP contribution in [0, 0.1) is 5.82 Å². The molecule has 1 aliphatic heterocycles. The number of anilines is 2. The van der Waals surface area contributed by atoms with Gasteiger partial charge in [0.15, 0.2) is 0 Å². The van der Waals surface area contributed by atoms with Crippen molar-refractivity contribution in [1.29, 1.82) is 0 Å². The molecule has 1 unspecified atom stereocenters. The van der Waals surface area contributed by atoms with Gasteiger partial charge in [-0.15, -0.1) is 11.3 Å². The number of rotatable bonds is 7. The molecule has 4 amide bonds. The van der Waals surface area contributed by atoms with Gasteiger partial charge in [-0.25, -0.2) is 14.1 Å². The first-order valence-corrected chi connectivity index (χ1v) is 11.2. The summed E-state index contributed by atoms with van der Waals surface area (Å²) in [5.41, 5.74) is 0.805. The fourth-order valence-electron chi connectivity index (χ4n) is 3.52. The summed E-state index contributed by atoms with van der Waals surface area (Å²) in [4.78, 5) is 42.6. The third kappa shape index (κ3) is 4.81. The van der Waals surface area contributed by atoms with Crippen LogP contribution >= 0.6 is 22.9 Å². The van der Waals surface area contributed by atoms with Gasteiger partial charge in [-0.2, -0.15) is 0 Å². The van der Waals surface area contributed by atoms with Crippen LogP contribution in [0.15, 0.2) is 66.0 Å². The molecule has 6 nitrogen and oxygen atoms in total. The number of imide groups is 1. The van der Waals surface area contributed by atoms with Gasteiger partial charge in [0.2, 0.25) is 5.91 Å². The van der Waals surface area contributed by atoms with Crippen LogP contribution in [0.5, 0.6) is 0 Å². The number of benzene rings is 2. The van der Waals surface area contributed by atoms with E-state index in [9.17, 15) is 18.8 Å². The van der Waals surface area contributed by atoms with Crippen molar-refractivity contribution < 1.29 is 18.8 Å². The number of carbonyl (C=O) groups is 3. The summed E-state index contributed by atoms with van der Waals surface area (Å²) < 4.78 is 13.1. The zero-order chi connectivity index (χ0) is 22.7. The lowest BCUT2D eigenvalue weighted by molar-refractivity contribution is -0.124. The number of nitrogens with zero attached hydrogens (tertiary/aromatic N) is 2. The van der Waals surface area contributed by atoms with Crippen molar-refractivity contribution in [3.05, 3.63) is 81.8 Å². The van der Waals surface area contributed by atoms with Gasteiger partial charge in [0.05, 0.1) is 12.1 Å². The molecule has 0 aliphatic carbocycles. The summed E-state index contributed by atoms with van der Waals surface area (Å²) in [7, 11) is 0. The van der Waals surface area contributed by atoms with Crippen LogP contribution in [0.25, 0.3) is 0 Å². The SMILES string of the molecule is O=C(CC1C(=O)N(c2ccc(Cl)cc2)C(=O)N1CCc1cccs1)Nc1ccc(F)cc1. The van der Waals surface area contributed by atoms with E-state index in [1.807, 2.05) is 17.5 Å². The van der Waals surface area contributed by atoms with Crippen molar-refractivity contribution in [2.75, 3.05) is 16.8 Å². The minimum Gasteiger partial charge on any atom is -0.326 e. The van der Waals surface area contributed by atoms with Crippen molar-refractivity contribution in [1.82, 2.24) is 4.90 Å². The Kier molecular flexibility index (Phi) is 6.53. The number of carbonyl (C=O) groups excluding carboxylic acids is 3. The monoisotopic (exact) mass is 471 g/mol. The first-order valence-electron chi connectivity index (χ1n) is 9.90. The maximum Gasteiger partial charge on any atom is 0.332 e. The van der Waals surface area contributed by atoms with Crippen LogP contribution in [0.2, 0.25) is 5.02 Å². The van der Waals surface area contributed by atoms with Crippen molar-refractivity contribution in [3.8, 4) is 0 Å². The Morgan fingerprint density at radius 2 is 1.78 bits per heavy atom. The summed E-state index contributed by atoms with van der Waals surface area (Å²) in [6.07, 6.45) is 0.359. The first kappa shape index (κ1) is 22.0. The van der Waals surface area contributed by atoms with E-state index in [0.717, 1.165) is 9.78 Å². The third-order valence-corrected chi connectivity index (χ3v) is 6.28. The number of halogens is 2. The fraction of sp³-hybridized carbons (Fsp3) is 0.174. The molecule has 1 saturated heterocycles. The van der Waals surface area contributed by atoms with E-state index in [1.165, 1.54) is 29.2 Å². The number of amides is 4. The summed E-state index contributed by atoms with van der Waals surface area (Å²) in [6, 6.07) is 14.2. The molecule has 1 N–H and O–H groups in total. The van der Waals surface area contributed by atoms with Crippen LogP contribution < -0.4 is 10.2 Å². The molecule has 1 aromatic heterocycles. The zero-order valence-electron chi connectivity index (χ0n) is 16.8. The van der Waals surface area contributed by atoms with E-state index < -0.39 is 29.7 Å². The van der Waals surface area contributed by atoms with Crippen molar-refractivity contribution in [2.45, 2.75) is 18.9 Å². The largest absolute Gasteiger partial charge is 0.332 e. The Bertz CT molecular complexity index is 1120. The standard InChI is InChI=1S/C23H19ClFN3O3S/c24-15-3-9-18(10-4-15)28-22(30)20(14-21(29)26-17-7-5-16(25)6-8-17)27(23(28)31)12-11-19-2-1-13-32-19/h1-10,13,20H,11-12,14H2,(H,26,29). The van der Waals surface area contributed by atoms with Crippen molar-refractivity contribution in [3.63, 3.8) is 0 Å². The molecule has 0 spiro atoms. The minimum atomic E-state index is -0.946. The Hall–Kier alpha value is -3.23. The third-order valence-electron chi connectivity index (χ3n) is 5.09. The highest BCUT2D eigenvalue weighted by molar-refractivity contribution is 7.09. The average Bonchev–Trinajstić information content (AvgIpc) is 3.36. The molecule has 32 heavy (non-hydrogen) atoms. The number of nitrogens with one attached hydrogen (secondary N) is 1. The van der Waals surface area contributed by atoms with Gasteiger partial charge < -0.3 is 10.2 Å². The predicted octanol–water partition coefficient (Wildman–Crippen LogP) is 4.95. The number of urea groups is 1. The second-order valence-electron chi connectivity index (χ2n) is 7.23. The van der Waals surface area contributed by atoms with E-state index in [4.69, 9.17) is 11.6 Å². The quantitative estimate of drug-likeness (QED) is 0.496. The van der Waals surface area contributed by atoms with Crippen molar-refractivity contribution >= 4 is 52.2 Å². The summed E-state index contributed by atoms with van der Waals surface area (Å²) in [6.45, 7) is 0.295. The lowest BCUT2D eigenvalue weighted by atomic mass is 10.1. The zero-order valence-corrected chi connectivity index (χ0v) is 18.4. The van der Waals surface area contributed by atoms with Crippen LogP contribution in [-0.4, -0.2) is 35.3 Å². The van der Waals surface area contributed by atoms with E-state index in [2.05, 4.69) is 5.32 Å². The molecule has 0 saturated carbocycles. The molecule has 1 atom stereocenters. The van der Waals surface area contributed by atoms with Gasteiger partial charge in [0.25, 0.3) is 5.91 Å². The van der Waals surface area contributed by atoms with Gasteiger partial charge in [-0.1, -0.05) is 17.7 Å². The fourth-order valence-corrected chi connectivity index (χ4v) is 4.35. The van der Waals surface area contributed by atoms with Gasteiger partial charge in [-0.3, -0.25) is 9.59 Å². The Morgan fingerprint density at radius 1 is 1.06 bits per heavy atom. The topological polar surface area (TPSA) is 69.7 Å². The van der Waals surface area contributed by atoms with Gasteiger partial charge >= 0.3 is 6.03 Å². The second-order valence-corrected chi connectivity index (χ2v) is 8.70. The molecule has 3 aromatic rings. The minimum absolute atomic E-state index is 0.212. The molecule has 1 aliphatic rings. The lowest BCUT2D eigenvalue weighted by Gasteiger charge is -2.21. The van der Waals surface area contributed by atoms with E-state index in [1.54, 1.807) is 35.6 Å². The normalized spacial score (nSPS) is 16.0. The molecule has 0 radical (unpaired) electrons. The summed E-state index contributed by atoms with van der Waals surface area (Å²) in [5, 5.41) is 5.08. The number of hydrogen-bond donors (Lipinski definition) is 1. The molecular formula is C23H19ClFN3O3S. The highest BCUT2D eigenvalue weighted by Crippen LogP contribution is 2.28. The summed E-state index contributed by atoms with van der Waals surface area (Å²) >= 11 is 7.50. The van der Waals surface area contributed by atoms with Gasteiger partial charge in [0, 0.05) is 22.1 Å². The maximum atomic E-state index is 13.2.